The number of halogens is 2. The molecule has 0 spiro atoms. The molecule has 3 rings (SSSR count). The SMILES string of the molecule is CC(C)Cn1ncc2cc(C(=NOCCN)c3ccc(F)cc3F)ccc21. The Morgan fingerprint density at radius 1 is 1.22 bits per heavy atom. The van der Waals surface area contributed by atoms with Gasteiger partial charge in [-0.05, 0) is 30.2 Å². The molecule has 5 nitrogen and oxygen atoms in total. The van der Waals surface area contributed by atoms with Gasteiger partial charge < -0.3 is 10.6 Å². The number of fused-ring (bicyclic) bond motifs is 1. The zero-order chi connectivity index (χ0) is 19.4. The largest absolute Gasteiger partial charge is 0.394 e. The molecule has 0 saturated carbocycles. The fraction of sp³-hybridized carbons (Fsp3) is 0.300. The topological polar surface area (TPSA) is 65.4 Å². The normalized spacial score (nSPS) is 12.1. The number of oxime groups is 1. The van der Waals surface area contributed by atoms with E-state index >= 15 is 0 Å². The van der Waals surface area contributed by atoms with Crippen LogP contribution in [0.2, 0.25) is 0 Å². The van der Waals surface area contributed by atoms with Gasteiger partial charge >= 0.3 is 0 Å². The Kier molecular flexibility index (Phi) is 5.81. The fourth-order valence-corrected chi connectivity index (χ4v) is 2.83. The van der Waals surface area contributed by atoms with E-state index in [1.807, 2.05) is 22.9 Å². The van der Waals surface area contributed by atoms with E-state index in [0.29, 0.717) is 11.5 Å². The van der Waals surface area contributed by atoms with Gasteiger partial charge in [0, 0.05) is 35.7 Å². The second-order valence-electron chi connectivity index (χ2n) is 6.68. The summed E-state index contributed by atoms with van der Waals surface area (Å²) in [5.41, 5.74) is 7.49. The zero-order valence-electron chi connectivity index (χ0n) is 15.3. The van der Waals surface area contributed by atoms with Crippen molar-refractivity contribution in [2.24, 2.45) is 16.8 Å². The maximum absolute atomic E-state index is 14.3. The van der Waals surface area contributed by atoms with E-state index in [0.717, 1.165) is 23.5 Å². The van der Waals surface area contributed by atoms with Gasteiger partial charge in [0.1, 0.15) is 24.0 Å². The number of nitrogens with zero attached hydrogens (tertiary/aromatic N) is 3. The summed E-state index contributed by atoms with van der Waals surface area (Å²) in [7, 11) is 0. The molecule has 1 aromatic heterocycles. The molecule has 2 aromatic carbocycles. The molecule has 1 heterocycles. The summed E-state index contributed by atoms with van der Waals surface area (Å²) in [5, 5.41) is 9.38. The summed E-state index contributed by atoms with van der Waals surface area (Å²) >= 11 is 0. The smallest absolute Gasteiger partial charge is 0.135 e. The summed E-state index contributed by atoms with van der Waals surface area (Å²) in [6, 6.07) is 8.98. The molecule has 0 atom stereocenters. The summed E-state index contributed by atoms with van der Waals surface area (Å²) < 4.78 is 29.6. The molecular formula is C20H22F2N4O. The van der Waals surface area contributed by atoms with Crippen LogP contribution < -0.4 is 5.73 Å². The molecule has 142 valence electrons. The lowest BCUT2D eigenvalue weighted by atomic mass is 10.0. The van der Waals surface area contributed by atoms with Gasteiger partial charge in [0.25, 0.3) is 0 Å². The number of hydrogen-bond acceptors (Lipinski definition) is 4. The van der Waals surface area contributed by atoms with Crippen molar-refractivity contribution in [2.75, 3.05) is 13.2 Å². The Bertz CT molecular complexity index is 966. The summed E-state index contributed by atoms with van der Waals surface area (Å²) in [5.74, 6) is -0.896. The van der Waals surface area contributed by atoms with E-state index in [4.69, 9.17) is 10.6 Å². The third-order valence-corrected chi connectivity index (χ3v) is 4.00. The molecular weight excluding hydrogens is 350 g/mol. The van der Waals surface area contributed by atoms with Gasteiger partial charge in [-0.2, -0.15) is 5.10 Å². The van der Waals surface area contributed by atoms with E-state index in [2.05, 4.69) is 24.1 Å². The Morgan fingerprint density at radius 2 is 2.04 bits per heavy atom. The quantitative estimate of drug-likeness (QED) is 0.391. The lowest BCUT2D eigenvalue weighted by Crippen LogP contribution is -2.11. The van der Waals surface area contributed by atoms with Gasteiger partial charge in [-0.15, -0.1) is 0 Å². The van der Waals surface area contributed by atoms with Crippen molar-refractivity contribution in [1.29, 1.82) is 0 Å². The molecule has 0 aliphatic heterocycles. The van der Waals surface area contributed by atoms with Crippen molar-refractivity contribution in [3.8, 4) is 0 Å². The molecule has 0 amide bonds. The van der Waals surface area contributed by atoms with Crippen molar-refractivity contribution >= 4 is 16.6 Å². The third kappa shape index (κ3) is 4.31. The van der Waals surface area contributed by atoms with Gasteiger partial charge in [-0.3, -0.25) is 4.68 Å². The molecule has 27 heavy (non-hydrogen) atoms. The van der Waals surface area contributed by atoms with Gasteiger partial charge in [0.15, 0.2) is 0 Å². The van der Waals surface area contributed by atoms with Crippen molar-refractivity contribution in [3.63, 3.8) is 0 Å². The van der Waals surface area contributed by atoms with Crippen LogP contribution in [0.5, 0.6) is 0 Å². The van der Waals surface area contributed by atoms with Crippen LogP contribution in [0.15, 0.2) is 47.8 Å². The Labute approximate surface area is 156 Å². The average Bonchev–Trinajstić information content (AvgIpc) is 3.01. The average molecular weight is 372 g/mol. The van der Waals surface area contributed by atoms with Crippen molar-refractivity contribution < 1.29 is 13.6 Å². The number of nitrogens with two attached hydrogens (primary N) is 1. The first kappa shape index (κ1) is 19.0. The van der Waals surface area contributed by atoms with E-state index < -0.39 is 11.6 Å². The highest BCUT2D eigenvalue weighted by atomic mass is 19.1. The van der Waals surface area contributed by atoms with Gasteiger partial charge in [-0.25, -0.2) is 8.78 Å². The predicted octanol–water partition coefficient (Wildman–Crippen LogP) is 3.70. The number of benzene rings is 2. The molecule has 3 aromatic rings. The van der Waals surface area contributed by atoms with Crippen LogP contribution in [0.3, 0.4) is 0 Å². The van der Waals surface area contributed by atoms with Crippen molar-refractivity contribution in [1.82, 2.24) is 9.78 Å². The monoisotopic (exact) mass is 372 g/mol. The number of rotatable bonds is 7. The van der Waals surface area contributed by atoms with Crippen LogP contribution in [-0.4, -0.2) is 28.6 Å². The Morgan fingerprint density at radius 3 is 2.74 bits per heavy atom. The summed E-state index contributed by atoms with van der Waals surface area (Å²) in [6.45, 7) is 5.53. The van der Waals surface area contributed by atoms with Gasteiger partial charge in [0.2, 0.25) is 0 Å². The fourth-order valence-electron chi connectivity index (χ4n) is 2.83. The van der Waals surface area contributed by atoms with E-state index in [-0.39, 0.29) is 24.4 Å². The number of hydrogen-bond donors (Lipinski definition) is 1. The lowest BCUT2D eigenvalue weighted by Gasteiger charge is -2.10. The van der Waals surface area contributed by atoms with E-state index in [1.165, 1.54) is 12.1 Å². The molecule has 0 fully saturated rings. The first-order valence-corrected chi connectivity index (χ1v) is 8.81. The Balaban J connectivity index is 2.05. The predicted molar refractivity (Wildman–Crippen MR) is 102 cm³/mol. The zero-order valence-corrected chi connectivity index (χ0v) is 15.3. The van der Waals surface area contributed by atoms with Crippen molar-refractivity contribution in [3.05, 3.63) is 65.4 Å². The Hall–Kier alpha value is -2.80. The second kappa shape index (κ2) is 8.26. The highest BCUT2D eigenvalue weighted by molar-refractivity contribution is 6.14. The molecule has 2 N–H and O–H groups in total. The van der Waals surface area contributed by atoms with Crippen LogP contribution in [0.25, 0.3) is 10.9 Å². The van der Waals surface area contributed by atoms with Crippen molar-refractivity contribution in [2.45, 2.75) is 20.4 Å². The maximum Gasteiger partial charge on any atom is 0.135 e. The van der Waals surface area contributed by atoms with Crippen LogP contribution in [0, 0.1) is 17.6 Å². The molecule has 0 bridgehead atoms. The van der Waals surface area contributed by atoms with E-state index in [9.17, 15) is 8.78 Å². The molecule has 0 radical (unpaired) electrons. The highest BCUT2D eigenvalue weighted by Crippen LogP contribution is 2.21. The number of aromatic nitrogens is 2. The van der Waals surface area contributed by atoms with Crippen LogP contribution in [-0.2, 0) is 11.4 Å². The third-order valence-electron chi connectivity index (χ3n) is 4.00. The van der Waals surface area contributed by atoms with Gasteiger partial charge in [0.05, 0.1) is 11.7 Å². The van der Waals surface area contributed by atoms with Crippen LogP contribution in [0.4, 0.5) is 8.78 Å². The first-order chi connectivity index (χ1) is 13.0. The molecule has 0 aliphatic rings. The first-order valence-electron chi connectivity index (χ1n) is 8.81. The standard InChI is InChI=1S/C20H22F2N4O/c1-13(2)12-26-19-6-3-14(9-15(19)11-24-26)20(25-27-8-7-23)17-5-4-16(21)10-18(17)22/h3-6,9-11,13H,7-8,12,23H2,1-2H3. The molecule has 0 unspecified atom stereocenters. The van der Waals surface area contributed by atoms with E-state index in [1.54, 1.807) is 6.20 Å². The minimum atomic E-state index is -0.708. The second-order valence-corrected chi connectivity index (χ2v) is 6.68. The highest BCUT2D eigenvalue weighted by Gasteiger charge is 2.16. The maximum atomic E-state index is 14.3. The summed E-state index contributed by atoms with van der Waals surface area (Å²) in [4.78, 5) is 5.19. The van der Waals surface area contributed by atoms with Crippen LogP contribution >= 0.6 is 0 Å². The minimum absolute atomic E-state index is 0.155. The molecule has 0 saturated heterocycles. The minimum Gasteiger partial charge on any atom is -0.394 e. The van der Waals surface area contributed by atoms with Crippen LogP contribution in [0.1, 0.15) is 25.0 Å². The molecule has 7 heteroatoms. The molecule has 0 aliphatic carbocycles. The summed E-state index contributed by atoms with van der Waals surface area (Å²) in [6.07, 6.45) is 1.76. The lowest BCUT2D eigenvalue weighted by molar-refractivity contribution is 0.152. The van der Waals surface area contributed by atoms with Gasteiger partial charge in [-0.1, -0.05) is 25.1 Å².